The number of ether oxygens (including phenoxy) is 2. The van der Waals surface area contributed by atoms with Gasteiger partial charge in [-0.2, -0.15) is 0 Å². The molecular formula is C10H12ClNO4S. The Bertz CT molecular complexity index is 485. The van der Waals surface area contributed by atoms with Crippen LogP contribution in [0.2, 0.25) is 0 Å². The lowest BCUT2D eigenvalue weighted by molar-refractivity contribution is 0.0652. The van der Waals surface area contributed by atoms with Crippen LogP contribution in [-0.2, 0) is 13.8 Å². The van der Waals surface area contributed by atoms with Crippen LogP contribution in [0.1, 0.15) is 12.8 Å². The highest BCUT2D eigenvalue weighted by Gasteiger charge is 2.21. The van der Waals surface area contributed by atoms with Crippen molar-refractivity contribution >= 4 is 19.7 Å². The van der Waals surface area contributed by atoms with Crippen LogP contribution in [0.3, 0.4) is 0 Å². The lowest BCUT2D eigenvalue weighted by atomic mass is 10.2. The van der Waals surface area contributed by atoms with Gasteiger partial charge in [-0.15, -0.1) is 0 Å². The Morgan fingerprint density at radius 1 is 1.59 bits per heavy atom. The zero-order valence-corrected chi connectivity index (χ0v) is 10.6. The molecule has 0 spiro atoms. The molecule has 0 aliphatic carbocycles. The van der Waals surface area contributed by atoms with Crippen LogP contribution in [-0.4, -0.2) is 32.7 Å². The predicted octanol–water partition coefficient (Wildman–Crippen LogP) is 1.57. The molecule has 1 unspecified atom stereocenters. The first kappa shape index (κ1) is 12.6. The molecular weight excluding hydrogens is 266 g/mol. The maximum atomic E-state index is 11.3. The lowest BCUT2D eigenvalue weighted by Crippen LogP contribution is -2.17. The molecule has 5 nitrogen and oxygen atoms in total. The van der Waals surface area contributed by atoms with Gasteiger partial charge in [-0.25, -0.2) is 13.4 Å². The third kappa shape index (κ3) is 3.31. The first-order chi connectivity index (χ1) is 8.07. The molecule has 1 aliphatic rings. The smallest absolute Gasteiger partial charge is 0.266 e. The molecule has 0 N–H and O–H groups in total. The second kappa shape index (κ2) is 5.20. The minimum Gasteiger partial charge on any atom is -0.474 e. The van der Waals surface area contributed by atoms with Crippen LogP contribution in [0.4, 0.5) is 0 Å². The van der Waals surface area contributed by atoms with Gasteiger partial charge in [-0.3, -0.25) is 0 Å². The molecule has 1 saturated heterocycles. The molecule has 17 heavy (non-hydrogen) atoms. The highest BCUT2D eigenvalue weighted by Crippen LogP contribution is 2.24. The number of halogens is 1. The van der Waals surface area contributed by atoms with Gasteiger partial charge in [0.15, 0.2) is 0 Å². The highest BCUT2D eigenvalue weighted by molar-refractivity contribution is 8.13. The van der Waals surface area contributed by atoms with E-state index in [0.29, 0.717) is 0 Å². The number of pyridine rings is 1. The normalized spacial score (nSPS) is 20.4. The van der Waals surface area contributed by atoms with Crippen molar-refractivity contribution in [2.24, 2.45) is 0 Å². The second-order valence-electron chi connectivity index (χ2n) is 3.69. The van der Waals surface area contributed by atoms with E-state index in [1.54, 1.807) is 0 Å². The first-order valence-electron chi connectivity index (χ1n) is 5.21. The Morgan fingerprint density at radius 2 is 2.41 bits per heavy atom. The molecule has 0 bridgehead atoms. The van der Waals surface area contributed by atoms with Crippen molar-refractivity contribution in [2.75, 3.05) is 13.2 Å². The zero-order chi connectivity index (χ0) is 12.3. The van der Waals surface area contributed by atoms with Gasteiger partial charge in [0, 0.05) is 23.5 Å². The van der Waals surface area contributed by atoms with E-state index in [1.807, 2.05) is 0 Å². The molecule has 0 amide bonds. The van der Waals surface area contributed by atoms with E-state index in [1.165, 1.54) is 18.3 Å². The Kier molecular flexibility index (Phi) is 3.86. The Hall–Kier alpha value is -0.850. The Balaban J connectivity index is 2.09. The van der Waals surface area contributed by atoms with Gasteiger partial charge in [-0.1, -0.05) is 0 Å². The summed E-state index contributed by atoms with van der Waals surface area (Å²) in [6.07, 6.45) is 3.37. The van der Waals surface area contributed by atoms with E-state index in [4.69, 9.17) is 20.2 Å². The summed E-state index contributed by atoms with van der Waals surface area (Å²) in [7, 11) is 1.44. The summed E-state index contributed by atoms with van der Waals surface area (Å²) in [4.78, 5) is 3.75. The van der Waals surface area contributed by atoms with Crippen molar-refractivity contribution in [2.45, 2.75) is 23.8 Å². The molecule has 7 heteroatoms. The SMILES string of the molecule is O=S(=O)(Cl)c1cccnc1OCC1CCCO1. The van der Waals surface area contributed by atoms with Crippen molar-refractivity contribution in [1.82, 2.24) is 4.98 Å². The molecule has 94 valence electrons. The number of aromatic nitrogens is 1. The van der Waals surface area contributed by atoms with Crippen LogP contribution in [0, 0.1) is 0 Å². The molecule has 1 aromatic rings. The summed E-state index contributed by atoms with van der Waals surface area (Å²) in [5.41, 5.74) is 0. The molecule has 1 fully saturated rings. The van der Waals surface area contributed by atoms with Gasteiger partial charge in [0.2, 0.25) is 5.88 Å². The molecule has 0 saturated carbocycles. The minimum absolute atomic E-state index is 0.00267. The van der Waals surface area contributed by atoms with Crippen molar-refractivity contribution in [3.8, 4) is 5.88 Å². The summed E-state index contributed by atoms with van der Waals surface area (Å²) >= 11 is 0. The standard InChI is InChI=1S/C10H12ClNO4S/c11-17(13,14)9-4-1-5-12-10(9)16-7-8-3-2-6-15-8/h1,4-5,8H,2-3,6-7H2. The average Bonchev–Trinajstić information content (AvgIpc) is 2.78. The van der Waals surface area contributed by atoms with Gasteiger partial charge in [0.1, 0.15) is 11.5 Å². The lowest BCUT2D eigenvalue weighted by Gasteiger charge is -2.12. The van der Waals surface area contributed by atoms with E-state index >= 15 is 0 Å². The molecule has 1 atom stereocenters. The fourth-order valence-electron chi connectivity index (χ4n) is 1.62. The Morgan fingerprint density at radius 3 is 3.06 bits per heavy atom. The van der Waals surface area contributed by atoms with E-state index < -0.39 is 9.05 Å². The quantitative estimate of drug-likeness (QED) is 0.782. The van der Waals surface area contributed by atoms with Gasteiger partial charge in [-0.05, 0) is 25.0 Å². The van der Waals surface area contributed by atoms with Gasteiger partial charge in [0.25, 0.3) is 9.05 Å². The maximum Gasteiger partial charge on any atom is 0.266 e. The van der Waals surface area contributed by atoms with Gasteiger partial charge >= 0.3 is 0 Å². The minimum atomic E-state index is -3.84. The predicted molar refractivity (Wildman–Crippen MR) is 61.7 cm³/mol. The van der Waals surface area contributed by atoms with Gasteiger partial charge < -0.3 is 9.47 Å². The largest absolute Gasteiger partial charge is 0.474 e. The molecule has 0 aromatic carbocycles. The van der Waals surface area contributed by atoms with E-state index in [-0.39, 0.29) is 23.5 Å². The molecule has 0 radical (unpaired) electrons. The van der Waals surface area contributed by atoms with Crippen LogP contribution in [0.5, 0.6) is 5.88 Å². The van der Waals surface area contributed by atoms with Crippen LogP contribution < -0.4 is 4.74 Å². The highest BCUT2D eigenvalue weighted by atomic mass is 35.7. The fraction of sp³-hybridized carbons (Fsp3) is 0.500. The monoisotopic (exact) mass is 277 g/mol. The summed E-state index contributed by atoms with van der Waals surface area (Å²) in [6, 6.07) is 2.86. The van der Waals surface area contributed by atoms with E-state index in [9.17, 15) is 8.42 Å². The summed E-state index contributed by atoms with van der Waals surface area (Å²) in [6.45, 7) is 1.01. The summed E-state index contributed by atoms with van der Waals surface area (Å²) in [5, 5.41) is 0. The number of hydrogen-bond acceptors (Lipinski definition) is 5. The second-order valence-corrected chi connectivity index (χ2v) is 6.22. The Labute approximate surface area is 104 Å². The third-order valence-corrected chi connectivity index (χ3v) is 3.76. The first-order valence-corrected chi connectivity index (χ1v) is 7.52. The summed E-state index contributed by atoms with van der Waals surface area (Å²) in [5.74, 6) is 0.0259. The van der Waals surface area contributed by atoms with Crippen LogP contribution in [0.25, 0.3) is 0 Å². The van der Waals surface area contributed by atoms with Crippen LogP contribution >= 0.6 is 10.7 Å². The molecule has 1 aliphatic heterocycles. The fourth-order valence-corrected chi connectivity index (χ4v) is 2.53. The third-order valence-electron chi connectivity index (χ3n) is 2.43. The molecule has 2 rings (SSSR count). The van der Waals surface area contributed by atoms with Crippen LogP contribution in [0.15, 0.2) is 23.2 Å². The van der Waals surface area contributed by atoms with Crippen molar-refractivity contribution in [3.05, 3.63) is 18.3 Å². The molecule has 1 aromatic heterocycles. The summed E-state index contributed by atoms with van der Waals surface area (Å²) < 4.78 is 33.2. The molecule has 2 heterocycles. The number of rotatable bonds is 4. The van der Waals surface area contributed by atoms with Crippen molar-refractivity contribution < 1.29 is 17.9 Å². The van der Waals surface area contributed by atoms with Gasteiger partial charge in [0.05, 0.1) is 6.10 Å². The van der Waals surface area contributed by atoms with E-state index in [2.05, 4.69) is 4.98 Å². The number of nitrogens with zero attached hydrogens (tertiary/aromatic N) is 1. The average molecular weight is 278 g/mol. The van der Waals surface area contributed by atoms with Crippen molar-refractivity contribution in [1.29, 1.82) is 0 Å². The maximum absolute atomic E-state index is 11.3. The van der Waals surface area contributed by atoms with E-state index in [0.717, 1.165) is 19.4 Å². The number of hydrogen-bond donors (Lipinski definition) is 0. The van der Waals surface area contributed by atoms with Crippen molar-refractivity contribution in [3.63, 3.8) is 0 Å². The topological polar surface area (TPSA) is 65.5 Å². The zero-order valence-electron chi connectivity index (χ0n) is 9.00.